The number of nitrogens with one attached hydrogen (secondary N) is 1. The SMILES string of the molecule is CN(C)CCN(C)C(=N)C1CC1. The number of nitrogens with zero attached hydrogens (tertiary/aromatic N) is 2. The lowest BCUT2D eigenvalue weighted by Crippen LogP contribution is -2.33. The van der Waals surface area contributed by atoms with E-state index in [0.717, 1.165) is 18.9 Å². The van der Waals surface area contributed by atoms with Crippen LogP contribution in [0.15, 0.2) is 0 Å². The van der Waals surface area contributed by atoms with Crippen molar-refractivity contribution in [2.45, 2.75) is 12.8 Å². The average molecular weight is 169 g/mol. The Kier molecular flexibility index (Phi) is 3.09. The molecule has 1 aliphatic rings. The Morgan fingerprint density at radius 2 is 1.83 bits per heavy atom. The molecule has 0 aromatic rings. The lowest BCUT2D eigenvalue weighted by atomic mass is 10.3. The molecule has 0 heterocycles. The Morgan fingerprint density at radius 1 is 1.25 bits per heavy atom. The third kappa shape index (κ3) is 2.81. The minimum absolute atomic E-state index is 0.581. The summed E-state index contributed by atoms with van der Waals surface area (Å²) in [5.74, 6) is 1.41. The molecule has 3 nitrogen and oxygen atoms in total. The Morgan fingerprint density at radius 3 is 2.25 bits per heavy atom. The molecule has 0 spiro atoms. The number of hydrogen-bond acceptors (Lipinski definition) is 2. The molecule has 0 aromatic heterocycles. The Hall–Kier alpha value is -0.570. The summed E-state index contributed by atoms with van der Waals surface area (Å²) in [5, 5.41) is 7.76. The van der Waals surface area contributed by atoms with Crippen molar-refractivity contribution in [3.8, 4) is 0 Å². The maximum atomic E-state index is 7.76. The van der Waals surface area contributed by atoms with Crippen molar-refractivity contribution in [2.75, 3.05) is 34.2 Å². The first-order valence-corrected chi connectivity index (χ1v) is 4.55. The lowest BCUT2D eigenvalue weighted by molar-refractivity contribution is 0.352. The van der Waals surface area contributed by atoms with Crippen LogP contribution in [0.4, 0.5) is 0 Å². The van der Waals surface area contributed by atoms with Gasteiger partial charge in [-0.1, -0.05) is 0 Å². The summed E-state index contributed by atoms with van der Waals surface area (Å²) >= 11 is 0. The smallest absolute Gasteiger partial charge is 0.0987 e. The van der Waals surface area contributed by atoms with E-state index in [1.807, 2.05) is 7.05 Å². The zero-order valence-electron chi connectivity index (χ0n) is 8.30. The molecule has 12 heavy (non-hydrogen) atoms. The second-order valence-corrected chi connectivity index (χ2v) is 3.88. The summed E-state index contributed by atoms with van der Waals surface area (Å²) in [6, 6.07) is 0. The van der Waals surface area contributed by atoms with Gasteiger partial charge in [0.05, 0.1) is 5.84 Å². The summed E-state index contributed by atoms with van der Waals surface area (Å²) < 4.78 is 0. The highest BCUT2D eigenvalue weighted by Crippen LogP contribution is 2.30. The molecule has 1 rings (SSSR count). The molecule has 0 saturated heterocycles. The number of likely N-dealkylation sites (N-methyl/N-ethyl adjacent to an activating group) is 2. The largest absolute Gasteiger partial charge is 0.362 e. The molecule has 0 aliphatic heterocycles. The second-order valence-electron chi connectivity index (χ2n) is 3.88. The van der Waals surface area contributed by atoms with Gasteiger partial charge in [-0.3, -0.25) is 5.41 Å². The molecule has 1 fully saturated rings. The minimum Gasteiger partial charge on any atom is -0.362 e. The van der Waals surface area contributed by atoms with Crippen LogP contribution in [0.1, 0.15) is 12.8 Å². The zero-order valence-corrected chi connectivity index (χ0v) is 8.30. The first-order valence-electron chi connectivity index (χ1n) is 4.55. The third-order valence-corrected chi connectivity index (χ3v) is 2.26. The van der Waals surface area contributed by atoms with Crippen molar-refractivity contribution >= 4 is 5.84 Å². The van der Waals surface area contributed by atoms with Gasteiger partial charge in [0.1, 0.15) is 0 Å². The lowest BCUT2D eigenvalue weighted by Gasteiger charge is -2.21. The maximum absolute atomic E-state index is 7.76. The van der Waals surface area contributed by atoms with Crippen molar-refractivity contribution in [1.82, 2.24) is 9.80 Å². The third-order valence-electron chi connectivity index (χ3n) is 2.26. The molecule has 0 atom stereocenters. The molecule has 0 aromatic carbocycles. The molecule has 0 unspecified atom stereocenters. The van der Waals surface area contributed by atoms with Crippen LogP contribution in [-0.2, 0) is 0 Å². The summed E-state index contributed by atoms with van der Waals surface area (Å²) in [5.41, 5.74) is 0. The normalized spacial score (nSPS) is 16.7. The van der Waals surface area contributed by atoms with Gasteiger partial charge in [-0.25, -0.2) is 0 Å². The molecule has 1 N–H and O–H groups in total. The van der Waals surface area contributed by atoms with Crippen molar-refractivity contribution < 1.29 is 0 Å². The van der Waals surface area contributed by atoms with Crippen LogP contribution in [0.3, 0.4) is 0 Å². The topological polar surface area (TPSA) is 30.3 Å². The number of hydrogen-bond donors (Lipinski definition) is 1. The average Bonchev–Trinajstić information content (AvgIpc) is 2.80. The van der Waals surface area contributed by atoms with Gasteiger partial charge >= 0.3 is 0 Å². The second kappa shape index (κ2) is 3.90. The van der Waals surface area contributed by atoms with Crippen LogP contribution in [0.2, 0.25) is 0 Å². The van der Waals surface area contributed by atoms with E-state index >= 15 is 0 Å². The maximum Gasteiger partial charge on any atom is 0.0987 e. The highest BCUT2D eigenvalue weighted by atomic mass is 15.2. The Balaban J connectivity index is 2.17. The first-order chi connectivity index (χ1) is 5.61. The first kappa shape index (κ1) is 9.52. The van der Waals surface area contributed by atoms with Crippen molar-refractivity contribution in [1.29, 1.82) is 5.41 Å². The van der Waals surface area contributed by atoms with Crippen LogP contribution in [0.5, 0.6) is 0 Å². The van der Waals surface area contributed by atoms with E-state index in [0.29, 0.717) is 5.92 Å². The quantitative estimate of drug-likeness (QED) is 0.500. The molecule has 0 amide bonds. The van der Waals surface area contributed by atoms with Gasteiger partial charge < -0.3 is 9.80 Å². The van der Waals surface area contributed by atoms with Gasteiger partial charge in [0.25, 0.3) is 0 Å². The Bertz CT molecular complexity index is 161. The monoisotopic (exact) mass is 169 g/mol. The molecule has 3 heteroatoms. The van der Waals surface area contributed by atoms with E-state index in [2.05, 4.69) is 23.9 Å². The predicted molar refractivity (Wildman–Crippen MR) is 51.6 cm³/mol. The highest BCUT2D eigenvalue weighted by molar-refractivity contribution is 5.83. The highest BCUT2D eigenvalue weighted by Gasteiger charge is 2.28. The fourth-order valence-corrected chi connectivity index (χ4v) is 1.14. The van der Waals surface area contributed by atoms with Crippen molar-refractivity contribution in [3.05, 3.63) is 0 Å². The van der Waals surface area contributed by atoms with Gasteiger partial charge in [-0.2, -0.15) is 0 Å². The summed E-state index contributed by atoms with van der Waals surface area (Å²) in [6.45, 7) is 2.01. The molecule has 0 radical (unpaired) electrons. The van der Waals surface area contributed by atoms with Gasteiger partial charge in [-0.15, -0.1) is 0 Å². The van der Waals surface area contributed by atoms with Crippen LogP contribution >= 0.6 is 0 Å². The van der Waals surface area contributed by atoms with Gasteiger partial charge in [0, 0.05) is 26.1 Å². The van der Waals surface area contributed by atoms with E-state index in [-0.39, 0.29) is 0 Å². The molecule has 70 valence electrons. The van der Waals surface area contributed by atoms with E-state index < -0.39 is 0 Å². The van der Waals surface area contributed by atoms with Crippen molar-refractivity contribution in [3.63, 3.8) is 0 Å². The molecule has 0 bridgehead atoms. The van der Waals surface area contributed by atoms with Gasteiger partial charge in [0.15, 0.2) is 0 Å². The zero-order chi connectivity index (χ0) is 9.14. The van der Waals surface area contributed by atoms with Gasteiger partial charge in [-0.05, 0) is 26.9 Å². The standard InChI is InChI=1S/C9H19N3/c1-11(2)6-7-12(3)9(10)8-4-5-8/h8,10H,4-7H2,1-3H3. The van der Waals surface area contributed by atoms with E-state index in [4.69, 9.17) is 5.41 Å². The number of rotatable bonds is 4. The van der Waals surface area contributed by atoms with Crippen LogP contribution in [0.25, 0.3) is 0 Å². The van der Waals surface area contributed by atoms with Crippen LogP contribution in [0, 0.1) is 11.3 Å². The summed E-state index contributed by atoms with van der Waals surface area (Å²) in [4.78, 5) is 4.22. The summed E-state index contributed by atoms with van der Waals surface area (Å²) in [6.07, 6.45) is 2.45. The Labute approximate surface area is 74.9 Å². The fraction of sp³-hybridized carbons (Fsp3) is 0.889. The minimum atomic E-state index is 0.581. The predicted octanol–water partition coefficient (Wildman–Crippen LogP) is 0.867. The summed E-state index contributed by atoms with van der Waals surface area (Å²) in [7, 11) is 6.15. The van der Waals surface area contributed by atoms with Crippen LogP contribution < -0.4 is 0 Å². The number of amidine groups is 1. The molecule has 1 aliphatic carbocycles. The molecular weight excluding hydrogens is 150 g/mol. The molecule has 1 saturated carbocycles. The molecular formula is C9H19N3. The van der Waals surface area contributed by atoms with E-state index in [1.165, 1.54) is 12.8 Å². The van der Waals surface area contributed by atoms with Crippen molar-refractivity contribution in [2.24, 2.45) is 5.92 Å². The van der Waals surface area contributed by atoms with E-state index in [1.54, 1.807) is 0 Å². The van der Waals surface area contributed by atoms with E-state index in [9.17, 15) is 0 Å². The fourth-order valence-electron chi connectivity index (χ4n) is 1.14. The van der Waals surface area contributed by atoms with Crippen LogP contribution in [-0.4, -0.2) is 49.9 Å². The van der Waals surface area contributed by atoms with Gasteiger partial charge in [0.2, 0.25) is 0 Å².